The number of carboxylic acids is 1. The van der Waals surface area contributed by atoms with E-state index in [-0.39, 0.29) is 6.54 Å². The van der Waals surface area contributed by atoms with Crippen LogP contribution in [0.2, 0.25) is 0 Å². The summed E-state index contributed by atoms with van der Waals surface area (Å²) in [7, 11) is 9.28. The lowest BCUT2D eigenvalue weighted by molar-refractivity contribution is -0.138. The molecule has 29 heavy (non-hydrogen) atoms. The molecule has 0 saturated heterocycles. The van der Waals surface area contributed by atoms with Gasteiger partial charge in [0.25, 0.3) is 0 Å². The summed E-state index contributed by atoms with van der Waals surface area (Å²) in [6.07, 6.45) is 3.97. The average Bonchev–Trinajstić information content (AvgIpc) is 2.70. The zero-order valence-corrected chi connectivity index (χ0v) is 18.9. The fraction of sp³-hybridized carbons (Fsp3) is 0.842. The van der Waals surface area contributed by atoms with Crippen LogP contribution in [0.4, 0.5) is 0 Å². The van der Waals surface area contributed by atoms with Gasteiger partial charge in [0.2, 0.25) is 0 Å². The average molecular weight is 415 g/mol. The van der Waals surface area contributed by atoms with Gasteiger partial charge in [0.1, 0.15) is 0 Å². The monoisotopic (exact) mass is 414 g/mol. The lowest BCUT2D eigenvalue weighted by atomic mass is 10.2. The predicted octanol–water partition coefficient (Wildman–Crippen LogP) is -0.545. The van der Waals surface area contributed by atoms with Crippen molar-refractivity contribution < 1.29 is 9.90 Å². The second-order valence-electron chi connectivity index (χ2n) is 6.89. The van der Waals surface area contributed by atoms with E-state index < -0.39 is 5.97 Å². The summed E-state index contributed by atoms with van der Waals surface area (Å²) in [6.45, 7) is 5.34. The predicted molar refractivity (Wildman–Crippen MR) is 121 cm³/mol. The largest absolute Gasteiger partial charge is 0.480 e. The van der Waals surface area contributed by atoms with Crippen molar-refractivity contribution in [1.29, 1.82) is 0 Å². The van der Waals surface area contributed by atoms with Crippen molar-refractivity contribution >= 4 is 17.9 Å². The number of guanidine groups is 2. The Hall–Kier alpha value is -2.07. The van der Waals surface area contributed by atoms with Gasteiger partial charge in [-0.05, 0) is 52.4 Å². The summed E-state index contributed by atoms with van der Waals surface area (Å²) in [5, 5.41) is 21.5. The number of aliphatic imine (C=N–C) groups is 2. The van der Waals surface area contributed by atoms with E-state index in [2.05, 4.69) is 43.2 Å². The van der Waals surface area contributed by atoms with Gasteiger partial charge in [-0.1, -0.05) is 0 Å². The van der Waals surface area contributed by atoms with Crippen LogP contribution in [-0.4, -0.2) is 114 Å². The number of rotatable bonds is 15. The second-order valence-corrected chi connectivity index (χ2v) is 6.89. The van der Waals surface area contributed by atoms with E-state index in [1.165, 1.54) is 0 Å². The molecular weight excluding hydrogens is 372 g/mol. The first-order valence-electron chi connectivity index (χ1n) is 10.4. The summed E-state index contributed by atoms with van der Waals surface area (Å²) >= 11 is 0. The molecule has 0 aliphatic rings. The van der Waals surface area contributed by atoms with Crippen molar-refractivity contribution in [3.05, 3.63) is 0 Å². The third-order valence-corrected chi connectivity index (χ3v) is 4.50. The highest BCUT2D eigenvalue weighted by Gasteiger charge is 2.09. The smallest absolute Gasteiger partial charge is 0.317 e. The first-order chi connectivity index (χ1) is 14.0. The maximum atomic E-state index is 11.1. The highest BCUT2D eigenvalue weighted by Crippen LogP contribution is 1.99. The molecule has 0 aromatic rings. The van der Waals surface area contributed by atoms with E-state index in [1.807, 2.05) is 19.0 Å². The van der Waals surface area contributed by atoms with Crippen LogP contribution in [0.25, 0.3) is 0 Å². The van der Waals surface area contributed by atoms with Crippen molar-refractivity contribution in [2.45, 2.75) is 25.7 Å². The van der Waals surface area contributed by atoms with E-state index in [0.29, 0.717) is 0 Å². The molecule has 10 heteroatoms. The molecule has 10 nitrogen and oxygen atoms in total. The summed E-state index contributed by atoms with van der Waals surface area (Å²) < 4.78 is 0. The zero-order chi connectivity index (χ0) is 21.9. The molecule has 0 aliphatic heterocycles. The van der Waals surface area contributed by atoms with Crippen LogP contribution in [-0.2, 0) is 4.79 Å². The third-order valence-electron chi connectivity index (χ3n) is 4.50. The molecule has 0 spiro atoms. The Labute approximate surface area is 176 Å². The Balaban J connectivity index is 3.95. The summed E-state index contributed by atoms with van der Waals surface area (Å²) in [6, 6.07) is 0. The minimum atomic E-state index is -0.773. The number of carbonyl (C=O) groups is 1. The van der Waals surface area contributed by atoms with Crippen LogP contribution >= 0.6 is 0 Å². The maximum absolute atomic E-state index is 11.1. The van der Waals surface area contributed by atoms with Gasteiger partial charge >= 0.3 is 5.97 Å². The molecule has 0 aromatic carbocycles. The van der Waals surface area contributed by atoms with Crippen LogP contribution in [0.1, 0.15) is 25.7 Å². The van der Waals surface area contributed by atoms with E-state index in [1.54, 1.807) is 14.1 Å². The van der Waals surface area contributed by atoms with Crippen LogP contribution < -0.4 is 21.3 Å². The van der Waals surface area contributed by atoms with Gasteiger partial charge in [-0.25, -0.2) is 0 Å². The molecule has 0 fully saturated rings. The second kappa shape index (κ2) is 18.0. The normalized spacial score (nSPS) is 12.4. The molecular formula is C19H42N8O2. The first-order valence-corrected chi connectivity index (χ1v) is 10.4. The first kappa shape index (κ1) is 26.9. The van der Waals surface area contributed by atoms with Gasteiger partial charge in [-0.2, -0.15) is 0 Å². The molecule has 0 bridgehead atoms. The topological polar surface area (TPSA) is 117 Å². The fourth-order valence-corrected chi connectivity index (χ4v) is 2.91. The van der Waals surface area contributed by atoms with Crippen LogP contribution in [0.3, 0.4) is 0 Å². The Bertz CT molecular complexity index is 485. The van der Waals surface area contributed by atoms with Gasteiger partial charge in [0, 0.05) is 47.8 Å². The fourth-order valence-electron chi connectivity index (χ4n) is 2.91. The SMILES string of the molecule is CN=C(NC)NCCCN(C)CCCCN(CCCNC(=NC)NC)CC(=O)O. The number of hydrogen-bond acceptors (Lipinski definition) is 5. The van der Waals surface area contributed by atoms with Gasteiger partial charge in [0.15, 0.2) is 11.9 Å². The Kier molecular flexibility index (Phi) is 16.7. The molecule has 5 N–H and O–H groups in total. The number of hydrogen-bond donors (Lipinski definition) is 5. The molecule has 0 heterocycles. The maximum Gasteiger partial charge on any atom is 0.317 e. The van der Waals surface area contributed by atoms with Crippen LogP contribution in [0, 0.1) is 0 Å². The third kappa shape index (κ3) is 15.5. The lowest BCUT2D eigenvalue weighted by Crippen LogP contribution is -2.38. The van der Waals surface area contributed by atoms with Gasteiger partial charge in [0.05, 0.1) is 6.54 Å². The van der Waals surface area contributed by atoms with Gasteiger partial charge < -0.3 is 31.3 Å². The molecule has 170 valence electrons. The summed E-state index contributed by atoms with van der Waals surface area (Å²) in [5.41, 5.74) is 0. The van der Waals surface area contributed by atoms with E-state index in [4.69, 9.17) is 5.11 Å². The van der Waals surface area contributed by atoms with E-state index in [9.17, 15) is 4.79 Å². The minimum absolute atomic E-state index is 0.0923. The number of aliphatic carboxylic acids is 1. The van der Waals surface area contributed by atoms with Crippen molar-refractivity contribution in [1.82, 2.24) is 31.1 Å². The van der Waals surface area contributed by atoms with Crippen molar-refractivity contribution in [2.24, 2.45) is 9.98 Å². The molecule has 0 radical (unpaired) electrons. The highest BCUT2D eigenvalue weighted by molar-refractivity contribution is 5.79. The summed E-state index contributed by atoms with van der Waals surface area (Å²) in [5.74, 6) is 0.785. The standard InChI is InChI=1S/C19H42N8O2/c1-20-18(21-2)24-10-8-13-26(5)12-6-7-14-27(16-17(28)29)15-9-11-25-19(22-3)23-4/h6-16H2,1-5H3,(H,28,29)(H2,20,21,24)(H2,22,23,25). The Morgan fingerprint density at radius 2 is 1.28 bits per heavy atom. The molecule has 0 amide bonds. The quantitative estimate of drug-likeness (QED) is 0.138. The lowest BCUT2D eigenvalue weighted by Gasteiger charge is -2.22. The minimum Gasteiger partial charge on any atom is -0.480 e. The Morgan fingerprint density at radius 3 is 1.76 bits per heavy atom. The highest BCUT2D eigenvalue weighted by atomic mass is 16.4. The number of nitrogens with zero attached hydrogens (tertiary/aromatic N) is 4. The molecule has 0 aromatic heterocycles. The van der Waals surface area contributed by atoms with Crippen molar-refractivity contribution in [3.63, 3.8) is 0 Å². The summed E-state index contributed by atoms with van der Waals surface area (Å²) in [4.78, 5) is 23.6. The Morgan fingerprint density at radius 1 is 0.828 bits per heavy atom. The molecule has 0 aliphatic carbocycles. The van der Waals surface area contributed by atoms with E-state index >= 15 is 0 Å². The van der Waals surface area contributed by atoms with Crippen LogP contribution in [0.5, 0.6) is 0 Å². The van der Waals surface area contributed by atoms with Crippen LogP contribution in [0.15, 0.2) is 9.98 Å². The molecule has 0 rings (SSSR count). The van der Waals surface area contributed by atoms with Crippen molar-refractivity contribution in [2.75, 3.05) is 81.1 Å². The number of unbranched alkanes of at least 4 members (excludes halogenated alkanes) is 1. The molecule has 0 unspecified atom stereocenters. The number of nitrogens with one attached hydrogen (secondary N) is 4. The van der Waals surface area contributed by atoms with Gasteiger partial charge in [-0.3, -0.25) is 19.7 Å². The van der Waals surface area contributed by atoms with Crippen molar-refractivity contribution in [3.8, 4) is 0 Å². The van der Waals surface area contributed by atoms with Gasteiger partial charge in [-0.15, -0.1) is 0 Å². The molecule has 0 saturated carbocycles. The van der Waals surface area contributed by atoms with E-state index in [0.717, 1.165) is 76.9 Å². The number of carboxylic acid groups (broad SMARTS) is 1. The zero-order valence-electron chi connectivity index (χ0n) is 18.9. The molecule has 0 atom stereocenters.